The van der Waals surface area contributed by atoms with Gasteiger partial charge in [0.25, 0.3) is 0 Å². The van der Waals surface area contributed by atoms with Gasteiger partial charge in [-0.1, -0.05) is 6.42 Å². The van der Waals surface area contributed by atoms with Crippen LogP contribution in [0, 0.1) is 0 Å². The molecule has 1 heterocycles. The van der Waals surface area contributed by atoms with E-state index in [-0.39, 0.29) is 0 Å². The Morgan fingerprint density at radius 3 is 2.75 bits per heavy atom. The van der Waals surface area contributed by atoms with Crippen LogP contribution in [0.1, 0.15) is 30.1 Å². The number of thiophene rings is 1. The van der Waals surface area contributed by atoms with Crippen molar-refractivity contribution in [3.8, 4) is 0 Å². The number of hydrogen-bond donors (Lipinski definition) is 1. The molecule has 2 rings (SSSR count). The molecule has 1 aromatic rings. The molecule has 0 spiro atoms. The summed E-state index contributed by atoms with van der Waals surface area (Å²) in [6.07, 6.45) is 3.76. The largest absolute Gasteiger partial charge is 0.327 e. The van der Waals surface area contributed by atoms with Gasteiger partial charge in [0.1, 0.15) is 0 Å². The normalized spacial score (nSPS) is 29.5. The average molecular weight is 246 g/mol. The SMILES string of the molecule is NC1CCCC1c1ccc(Br)s1. The molecule has 2 N–H and O–H groups in total. The zero-order valence-electron chi connectivity index (χ0n) is 6.79. The molecule has 1 nitrogen and oxygen atoms in total. The summed E-state index contributed by atoms with van der Waals surface area (Å²) in [4.78, 5) is 1.45. The van der Waals surface area contributed by atoms with Crippen LogP contribution in [-0.4, -0.2) is 6.04 Å². The highest BCUT2D eigenvalue weighted by atomic mass is 79.9. The first-order valence-electron chi connectivity index (χ1n) is 4.28. The summed E-state index contributed by atoms with van der Waals surface area (Å²) in [7, 11) is 0. The quantitative estimate of drug-likeness (QED) is 0.809. The topological polar surface area (TPSA) is 26.0 Å². The fourth-order valence-corrected chi connectivity index (χ4v) is 3.50. The second kappa shape index (κ2) is 3.48. The molecule has 12 heavy (non-hydrogen) atoms. The van der Waals surface area contributed by atoms with Crippen molar-refractivity contribution in [3.63, 3.8) is 0 Å². The Labute approximate surface area is 85.1 Å². The molecular formula is C9H12BrNS. The van der Waals surface area contributed by atoms with E-state index in [1.54, 1.807) is 0 Å². The molecule has 3 heteroatoms. The summed E-state index contributed by atoms with van der Waals surface area (Å²) in [5.74, 6) is 0.626. The minimum Gasteiger partial charge on any atom is -0.327 e. The minimum atomic E-state index is 0.399. The van der Waals surface area contributed by atoms with Crippen LogP contribution in [0.3, 0.4) is 0 Å². The predicted molar refractivity (Wildman–Crippen MR) is 56.6 cm³/mol. The summed E-state index contributed by atoms with van der Waals surface area (Å²) in [5.41, 5.74) is 6.01. The van der Waals surface area contributed by atoms with Gasteiger partial charge in [-0.3, -0.25) is 0 Å². The fourth-order valence-electron chi connectivity index (χ4n) is 1.87. The van der Waals surface area contributed by atoms with Gasteiger partial charge in [-0.05, 0) is 40.9 Å². The monoisotopic (exact) mass is 245 g/mol. The molecule has 0 saturated heterocycles. The fraction of sp³-hybridized carbons (Fsp3) is 0.556. The standard InChI is InChI=1S/C9H12BrNS/c10-9-5-4-8(12-9)6-2-1-3-7(6)11/h4-7H,1-3,11H2. The van der Waals surface area contributed by atoms with Crippen molar-refractivity contribution in [1.82, 2.24) is 0 Å². The summed E-state index contributed by atoms with van der Waals surface area (Å²) >= 11 is 5.30. The highest BCUT2D eigenvalue weighted by Crippen LogP contribution is 2.38. The molecule has 2 unspecified atom stereocenters. The van der Waals surface area contributed by atoms with Crippen molar-refractivity contribution >= 4 is 27.3 Å². The highest BCUT2D eigenvalue weighted by molar-refractivity contribution is 9.11. The summed E-state index contributed by atoms with van der Waals surface area (Å²) in [5, 5.41) is 0. The van der Waals surface area contributed by atoms with Crippen LogP contribution in [0.2, 0.25) is 0 Å². The molecular weight excluding hydrogens is 234 g/mol. The first kappa shape index (κ1) is 8.73. The van der Waals surface area contributed by atoms with Gasteiger partial charge in [0, 0.05) is 16.8 Å². The molecule has 1 aliphatic carbocycles. The minimum absolute atomic E-state index is 0.399. The lowest BCUT2D eigenvalue weighted by Crippen LogP contribution is -2.21. The Morgan fingerprint density at radius 1 is 1.42 bits per heavy atom. The van der Waals surface area contributed by atoms with Crippen molar-refractivity contribution in [2.24, 2.45) is 5.73 Å². The van der Waals surface area contributed by atoms with Crippen LogP contribution in [0.4, 0.5) is 0 Å². The summed E-state index contributed by atoms with van der Waals surface area (Å²) in [6, 6.07) is 4.71. The van der Waals surface area contributed by atoms with E-state index >= 15 is 0 Å². The maximum absolute atomic E-state index is 6.01. The number of hydrogen-bond acceptors (Lipinski definition) is 2. The Bertz CT molecular complexity index is 271. The lowest BCUT2D eigenvalue weighted by molar-refractivity contribution is 0.622. The number of rotatable bonds is 1. The summed E-state index contributed by atoms with van der Waals surface area (Å²) in [6.45, 7) is 0. The predicted octanol–water partition coefficient (Wildman–Crippen LogP) is 3.11. The van der Waals surface area contributed by atoms with E-state index in [2.05, 4.69) is 28.1 Å². The Hall–Kier alpha value is 0.140. The summed E-state index contributed by atoms with van der Waals surface area (Å²) < 4.78 is 1.22. The van der Waals surface area contributed by atoms with Gasteiger partial charge in [0.05, 0.1) is 3.79 Å². The van der Waals surface area contributed by atoms with Gasteiger partial charge < -0.3 is 5.73 Å². The van der Waals surface area contributed by atoms with E-state index in [1.165, 1.54) is 27.9 Å². The van der Waals surface area contributed by atoms with Crippen molar-refractivity contribution < 1.29 is 0 Å². The van der Waals surface area contributed by atoms with Gasteiger partial charge >= 0.3 is 0 Å². The Morgan fingerprint density at radius 2 is 2.25 bits per heavy atom. The molecule has 66 valence electrons. The maximum atomic E-state index is 6.01. The van der Waals surface area contributed by atoms with E-state index in [4.69, 9.17) is 5.73 Å². The zero-order chi connectivity index (χ0) is 8.55. The van der Waals surface area contributed by atoms with E-state index < -0.39 is 0 Å². The number of halogens is 1. The van der Waals surface area contributed by atoms with Crippen molar-refractivity contribution in [3.05, 3.63) is 20.8 Å². The van der Waals surface area contributed by atoms with Crippen LogP contribution in [0.15, 0.2) is 15.9 Å². The Balaban J connectivity index is 2.19. The van der Waals surface area contributed by atoms with Gasteiger partial charge in [-0.25, -0.2) is 0 Å². The molecule has 0 bridgehead atoms. The van der Waals surface area contributed by atoms with E-state index in [9.17, 15) is 0 Å². The van der Waals surface area contributed by atoms with Gasteiger partial charge in [0.15, 0.2) is 0 Å². The van der Waals surface area contributed by atoms with E-state index in [1.807, 2.05) is 11.3 Å². The smallest absolute Gasteiger partial charge is 0.0701 e. The molecule has 1 aromatic heterocycles. The van der Waals surface area contributed by atoms with E-state index in [0.29, 0.717) is 12.0 Å². The second-order valence-electron chi connectivity index (χ2n) is 3.34. The molecule has 1 fully saturated rings. The molecule has 2 atom stereocenters. The van der Waals surface area contributed by atoms with Gasteiger partial charge in [-0.15, -0.1) is 11.3 Å². The van der Waals surface area contributed by atoms with Crippen LogP contribution >= 0.6 is 27.3 Å². The second-order valence-corrected chi connectivity index (χ2v) is 5.84. The van der Waals surface area contributed by atoms with Gasteiger partial charge in [-0.2, -0.15) is 0 Å². The van der Waals surface area contributed by atoms with Gasteiger partial charge in [0.2, 0.25) is 0 Å². The lowest BCUT2D eigenvalue weighted by atomic mass is 10.0. The van der Waals surface area contributed by atoms with Crippen molar-refractivity contribution in [2.75, 3.05) is 0 Å². The van der Waals surface area contributed by atoms with Crippen LogP contribution < -0.4 is 5.73 Å². The molecule has 1 saturated carbocycles. The molecule has 0 radical (unpaired) electrons. The van der Waals surface area contributed by atoms with Crippen molar-refractivity contribution in [2.45, 2.75) is 31.2 Å². The maximum Gasteiger partial charge on any atom is 0.0701 e. The molecule has 1 aliphatic rings. The number of nitrogens with two attached hydrogens (primary N) is 1. The third kappa shape index (κ3) is 1.58. The zero-order valence-corrected chi connectivity index (χ0v) is 9.20. The molecule has 0 aromatic carbocycles. The molecule has 0 aliphatic heterocycles. The first-order valence-corrected chi connectivity index (χ1v) is 5.89. The lowest BCUT2D eigenvalue weighted by Gasteiger charge is -2.12. The average Bonchev–Trinajstić information content (AvgIpc) is 2.58. The first-order chi connectivity index (χ1) is 5.77. The van der Waals surface area contributed by atoms with Crippen LogP contribution in [0.5, 0.6) is 0 Å². The third-order valence-corrected chi connectivity index (χ3v) is 4.28. The van der Waals surface area contributed by atoms with Crippen molar-refractivity contribution in [1.29, 1.82) is 0 Å². The Kier molecular flexibility index (Phi) is 2.53. The molecule has 0 amide bonds. The van der Waals surface area contributed by atoms with Crippen LogP contribution in [0.25, 0.3) is 0 Å². The van der Waals surface area contributed by atoms with E-state index in [0.717, 1.165) is 0 Å². The highest BCUT2D eigenvalue weighted by Gasteiger charge is 2.26. The van der Waals surface area contributed by atoms with Crippen LogP contribution in [-0.2, 0) is 0 Å². The third-order valence-electron chi connectivity index (χ3n) is 2.53.